The van der Waals surface area contributed by atoms with E-state index in [1.807, 2.05) is 36.4 Å². The summed E-state index contributed by atoms with van der Waals surface area (Å²) in [7, 11) is 0. The Morgan fingerprint density at radius 1 is 0.886 bits per heavy atom. The van der Waals surface area contributed by atoms with Crippen LogP contribution in [0, 0.1) is 5.41 Å². The number of nitrogens with one attached hydrogen (secondary N) is 4. The number of carbonyl (C=O) groups is 2. The highest BCUT2D eigenvalue weighted by molar-refractivity contribution is 5.96. The van der Waals surface area contributed by atoms with Crippen LogP contribution in [0.15, 0.2) is 84.9 Å². The number of nitrogens with two attached hydrogens (primary N) is 1. The molecule has 0 heterocycles. The number of amidine groups is 1. The standard InChI is InChI=1S/C27H31N5O3/c28-26(29)21-12-7-13-22(16-21)32-24(18-33)27(35)31-17-25(34)30-15-14-23(19-8-3-1-4-9-19)20-10-5-2-6-11-20/h1-13,16,23-24,32-33H,14-15,17-18H2,(H3,28,29)(H,30,34)(H,31,35). The van der Waals surface area contributed by atoms with Gasteiger partial charge in [0.05, 0.1) is 13.2 Å². The number of carbonyl (C=O) groups excluding carboxylic acids is 2. The van der Waals surface area contributed by atoms with Crippen LogP contribution in [0.3, 0.4) is 0 Å². The normalized spacial score (nSPS) is 11.5. The third kappa shape index (κ3) is 7.68. The Morgan fingerprint density at radius 2 is 1.51 bits per heavy atom. The molecule has 0 spiro atoms. The summed E-state index contributed by atoms with van der Waals surface area (Å²) in [6.45, 7) is -0.220. The maximum Gasteiger partial charge on any atom is 0.245 e. The van der Waals surface area contributed by atoms with Gasteiger partial charge in [0.25, 0.3) is 0 Å². The molecule has 182 valence electrons. The molecule has 8 nitrogen and oxygen atoms in total. The lowest BCUT2D eigenvalue weighted by molar-refractivity contribution is -0.127. The second-order valence-electron chi connectivity index (χ2n) is 8.10. The molecule has 0 fully saturated rings. The fraction of sp³-hybridized carbons (Fsp3) is 0.222. The van der Waals surface area contributed by atoms with Gasteiger partial charge in [-0.1, -0.05) is 72.8 Å². The van der Waals surface area contributed by atoms with E-state index in [0.717, 1.165) is 0 Å². The molecular formula is C27H31N5O3. The van der Waals surface area contributed by atoms with Crippen molar-refractivity contribution in [1.29, 1.82) is 5.41 Å². The first-order valence-corrected chi connectivity index (χ1v) is 11.4. The summed E-state index contributed by atoms with van der Waals surface area (Å²) >= 11 is 0. The predicted molar refractivity (Wildman–Crippen MR) is 137 cm³/mol. The topological polar surface area (TPSA) is 140 Å². The summed E-state index contributed by atoms with van der Waals surface area (Å²) in [5.74, 6) is -0.783. The molecule has 0 aliphatic heterocycles. The van der Waals surface area contributed by atoms with Crippen LogP contribution >= 0.6 is 0 Å². The second kappa shape index (κ2) is 12.9. The molecule has 0 radical (unpaired) electrons. The third-order valence-corrected chi connectivity index (χ3v) is 5.60. The van der Waals surface area contributed by atoms with E-state index in [-0.39, 0.29) is 24.2 Å². The highest BCUT2D eigenvalue weighted by atomic mass is 16.3. The van der Waals surface area contributed by atoms with E-state index in [0.29, 0.717) is 24.2 Å². The van der Waals surface area contributed by atoms with Gasteiger partial charge in [-0.2, -0.15) is 0 Å². The van der Waals surface area contributed by atoms with Gasteiger partial charge in [-0.3, -0.25) is 15.0 Å². The van der Waals surface area contributed by atoms with Crippen molar-refractivity contribution in [3.63, 3.8) is 0 Å². The number of amides is 2. The van der Waals surface area contributed by atoms with Crippen molar-refractivity contribution in [3.05, 3.63) is 102 Å². The van der Waals surface area contributed by atoms with Crippen LogP contribution < -0.4 is 21.7 Å². The first-order chi connectivity index (χ1) is 17.0. The molecule has 2 amide bonds. The number of aliphatic hydroxyl groups excluding tert-OH is 1. The van der Waals surface area contributed by atoms with Crippen molar-refractivity contribution >= 4 is 23.3 Å². The highest BCUT2D eigenvalue weighted by Gasteiger charge is 2.19. The number of rotatable bonds is 12. The number of hydrogen-bond acceptors (Lipinski definition) is 5. The smallest absolute Gasteiger partial charge is 0.245 e. The van der Waals surface area contributed by atoms with E-state index in [1.54, 1.807) is 24.3 Å². The highest BCUT2D eigenvalue weighted by Crippen LogP contribution is 2.27. The van der Waals surface area contributed by atoms with Crippen molar-refractivity contribution in [1.82, 2.24) is 10.6 Å². The minimum Gasteiger partial charge on any atom is -0.394 e. The van der Waals surface area contributed by atoms with Crippen LogP contribution in [0.25, 0.3) is 0 Å². The van der Waals surface area contributed by atoms with Gasteiger partial charge >= 0.3 is 0 Å². The summed E-state index contributed by atoms with van der Waals surface area (Å²) in [5.41, 5.74) is 8.87. The maximum atomic E-state index is 12.5. The lowest BCUT2D eigenvalue weighted by Crippen LogP contribution is -2.46. The number of hydrogen-bond donors (Lipinski definition) is 6. The lowest BCUT2D eigenvalue weighted by Gasteiger charge is -2.19. The van der Waals surface area contributed by atoms with Crippen molar-refractivity contribution in [2.75, 3.05) is 25.0 Å². The molecule has 0 saturated heterocycles. The summed E-state index contributed by atoms with van der Waals surface area (Å²) in [5, 5.41) is 25.5. The summed E-state index contributed by atoms with van der Waals surface area (Å²) in [6.07, 6.45) is 0.709. The Balaban J connectivity index is 1.49. The fourth-order valence-electron chi connectivity index (χ4n) is 3.78. The Hall–Kier alpha value is -4.17. The molecule has 8 heteroatoms. The number of aliphatic hydroxyl groups is 1. The van der Waals surface area contributed by atoms with Crippen LogP contribution in [-0.4, -0.2) is 48.5 Å². The van der Waals surface area contributed by atoms with Gasteiger partial charge in [0, 0.05) is 23.7 Å². The quantitative estimate of drug-likeness (QED) is 0.177. The number of anilines is 1. The van der Waals surface area contributed by atoms with Crippen molar-refractivity contribution in [3.8, 4) is 0 Å². The molecule has 35 heavy (non-hydrogen) atoms. The molecule has 0 saturated carbocycles. The first-order valence-electron chi connectivity index (χ1n) is 11.4. The summed E-state index contributed by atoms with van der Waals surface area (Å²) < 4.78 is 0. The molecule has 0 bridgehead atoms. The Bertz CT molecular complexity index is 1080. The van der Waals surface area contributed by atoms with E-state index >= 15 is 0 Å². The Labute approximate surface area is 205 Å². The van der Waals surface area contributed by atoms with Gasteiger partial charge in [0.1, 0.15) is 11.9 Å². The minimum atomic E-state index is -0.953. The molecule has 0 aromatic heterocycles. The molecule has 1 unspecified atom stereocenters. The van der Waals surface area contributed by atoms with Gasteiger partial charge in [-0.15, -0.1) is 0 Å². The zero-order valence-electron chi connectivity index (χ0n) is 19.4. The third-order valence-electron chi connectivity index (χ3n) is 5.60. The Kier molecular flexibility index (Phi) is 9.39. The number of benzene rings is 3. The zero-order valence-corrected chi connectivity index (χ0v) is 19.4. The number of nitrogen functional groups attached to an aromatic ring is 1. The SMILES string of the molecule is N=C(N)c1cccc(NC(CO)C(=O)NCC(=O)NCCC(c2ccccc2)c2ccccc2)c1. The molecule has 7 N–H and O–H groups in total. The minimum absolute atomic E-state index is 0.0999. The van der Waals surface area contributed by atoms with E-state index in [1.165, 1.54) is 11.1 Å². The molecule has 3 rings (SSSR count). The van der Waals surface area contributed by atoms with Gasteiger partial charge in [0.2, 0.25) is 11.8 Å². The van der Waals surface area contributed by atoms with Gasteiger partial charge in [0.15, 0.2) is 0 Å². The average Bonchev–Trinajstić information content (AvgIpc) is 2.89. The largest absolute Gasteiger partial charge is 0.394 e. The summed E-state index contributed by atoms with van der Waals surface area (Å²) in [6, 6.07) is 26.0. The monoisotopic (exact) mass is 473 g/mol. The molecule has 1 atom stereocenters. The molecular weight excluding hydrogens is 442 g/mol. The van der Waals surface area contributed by atoms with Crippen LogP contribution in [0.5, 0.6) is 0 Å². The van der Waals surface area contributed by atoms with E-state index in [2.05, 4.69) is 40.2 Å². The second-order valence-corrected chi connectivity index (χ2v) is 8.10. The Morgan fingerprint density at radius 3 is 2.09 bits per heavy atom. The van der Waals surface area contributed by atoms with Crippen molar-refractivity contribution in [2.24, 2.45) is 5.73 Å². The molecule has 0 aliphatic rings. The van der Waals surface area contributed by atoms with Gasteiger partial charge in [-0.25, -0.2) is 0 Å². The predicted octanol–water partition coefficient (Wildman–Crippen LogP) is 2.20. The molecule has 3 aromatic rings. The van der Waals surface area contributed by atoms with Gasteiger partial charge in [-0.05, 0) is 29.7 Å². The zero-order chi connectivity index (χ0) is 25.0. The summed E-state index contributed by atoms with van der Waals surface area (Å²) in [4.78, 5) is 24.8. The first kappa shape index (κ1) is 25.5. The van der Waals surface area contributed by atoms with E-state index in [4.69, 9.17) is 11.1 Å². The van der Waals surface area contributed by atoms with Crippen molar-refractivity contribution < 1.29 is 14.7 Å². The fourth-order valence-corrected chi connectivity index (χ4v) is 3.78. The van der Waals surface area contributed by atoms with E-state index in [9.17, 15) is 14.7 Å². The van der Waals surface area contributed by atoms with Crippen LogP contribution in [0.1, 0.15) is 29.0 Å². The van der Waals surface area contributed by atoms with Crippen LogP contribution in [0.4, 0.5) is 5.69 Å². The van der Waals surface area contributed by atoms with Crippen LogP contribution in [-0.2, 0) is 9.59 Å². The molecule has 0 aliphatic carbocycles. The van der Waals surface area contributed by atoms with Gasteiger partial charge < -0.3 is 26.8 Å². The average molecular weight is 474 g/mol. The maximum absolute atomic E-state index is 12.5. The molecule has 3 aromatic carbocycles. The van der Waals surface area contributed by atoms with Crippen LogP contribution in [0.2, 0.25) is 0 Å². The van der Waals surface area contributed by atoms with E-state index < -0.39 is 18.6 Å². The lowest BCUT2D eigenvalue weighted by atomic mass is 9.88. The van der Waals surface area contributed by atoms with Crippen molar-refractivity contribution in [2.45, 2.75) is 18.4 Å².